The predicted molar refractivity (Wildman–Crippen MR) is 206 cm³/mol. The van der Waals surface area contributed by atoms with Crippen molar-refractivity contribution in [1.82, 2.24) is 0 Å². The Morgan fingerprint density at radius 2 is 0.964 bits per heavy atom. The number of esters is 1. The molecule has 11 atom stereocenters. The van der Waals surface area contributed by atoms with E-state index in [1.807, 2.05) is 0 Å². The van der Waals surface area contributed by atoms with Crippen LogP contribution in [0.1, 0.15) is 155 Å². The molecule has 0 aromatic carbocycles. The Morgan fingerprint density at radius 1 is 0.527 bits per heavy atom. The van der Waals surface area contributed by atoms with Crippen LogP contribution in [0.2, 0.25) is 0 Å². The fourth-order valence-corrected chi connectivity index (χ4v) is 6.99. The second-order valence-electron chi connectivity index (χ2n) is 15.5. The second kappa shape index (κ2) is 31.0. The Labute approximate surface area is 330 Å². The summed E-state index contributed by atoms with van der Waals surface area (Å²) < 4.78 is 34.0. The normalized spacial score (nSPS) is 29.0. The van der Waals surface area contributed by atoms with Crippen LogP contribution < -0.4 is 0 Å². The number of hydrogen-bond donors (Lipinski definition) is 7. The molecule has 14 heteroatoms. The maximum atomic E-state index is 12.9. The van der Waals surface area contributed by atoms with Gasteiger partial charge in [0.25, 0.3) is 0 Å². The largest absolute Gasteiger partial charge is 0.457 e. The summed E-state index contributed by atoms with van der Waals surface area (Å²) in [6, 6.07) is 0. The molecular formula is C41H78O14. The minimum atomic E-state index is -1.70. The summed E-state index contributed by atoms with van der Waals surface area (Å²) in [4.78, 5) is 12.9. The maximum absolute atomic E-state index is 12.9. The highest BCUT2D eigenvalue weighted by atomic mass is 16.7. The summed E-state index contributed by atoms with van der Waals surface area (Å²) in [6.07, 6.45) is 9.08. The van der Waals surface area contributed by atoms with Gasteiger partial charge >= 0.3 is 5.97 Å². The first-order valence-corrected chi connectivity index (χ1v) is 21.6. The van der Waals surface area contributed by atoms with E-state index >= 15 is 0 Å². The molecule has 2 fully saturated rings. The average molecular weight is 795 g/mol. The monoisotopic (exact) mass is 795 g/mol. The van der Waals surface area contributed by atoms with Gasteiger partial charge in [0.15, 0.2) is 12.6 Å². The number of aliphatic hydroxyl groups excluding tert-OH is 7. The van der Waals surface area contributed by atoms with Gasteiger partial charge in [-0.25, -0.2) is 0 Å². The summed E-state index contributed by atoms with van der Waals surface area (Å²) in [5, 5.41) is 71.6. The van der Waals surface area contributed by atoms with Gasteiger partial charge in [-0.15, -0.1) is 0 Å². The summed E-state index contributed by atoms with van der Waals surface area (Å²) in [5.74, 6) is -0.376. The van der Waals surface area contributed by atoms with Crippen molar-refractivity contribution in [1.29, 1.82) is 0 Å². The molecule has 55 heavy (non-hydrogen) atoms. The van der Waals surface area contributed by atoms with E-state index in [2.05, 4.69) is 13.8 Å². The zero-order valence-electron chi connectivity index (χ0n) is 33.9. The number of ether oxygens (including phenoxy) is 6. The maximum Gasteiger partial charge on any atom is 0.306 e. The first kappa shape index (κ1) is 50.1. The molecule has 2 rings (SSSR count). The molecular weight excluding hydrogens is 716 g/mol. The van der Waals surface area contributed by atoms with E-state index in [0.29, 0.717) is 13.0 Å². The highest BCUT2D eigenvalue weighted by molar-refractivity contribution is 5.69. The average Bonchev–Trinajstić information content (AvgIpc) is 3.18. The predicted octanol–water partition coefficient (Wildman–Crippen LogP) is 4.18. The molecule has 2 saturated heterocycles. The molecule has 0 amide bonds. The van der Waals surface area contributed by atoms with E-state index in [1.54, 1.807) is 0 Å². The Bertz CT molecular complexity index is 927. The van der Waals surface area contributed by atoms with Crippen LogP contribution in [-0.2, 0) is 33.2 Å². The van der Waals surface area contributed by atoms with Crippen LogP contribution in [0.3, 0.4) is 0 Å². The van der Waals surface area contributed by atoms with Crippen molar-refractivity contribution in [2.75, 3.05) is 33.0 Å². The van der Waals surface area contributed by atoms with Gasteiger partial charge in [0.2, 0.25) is 0 Å². The fourth-order valence-electron chi connectivity index (χ4n) is 6.99. The number of carbonyl (C=O) groups is 1. The van der Waals surface area contributed by atoms with Crippen LogP contribution in [0.5, 0.6) is 0 Å². The van der Waals surface area contributed by atoms with E-state index in [1.165, 1.54) is 89.9 Å². The van der Waals surface area contributed by atoms with Crippen molar-refractivity contribution in [3.8, 4) is 0 Å². The summed E-state index contributed by atoms with van der Waals surface area (Å²) in [6.45, 7) is 3.65. The topological polar surface area (TPSA) is 214 Å². The zero-order valence-corrected chi connectivity index (χ0v) is 33.9. The van der Waals surface area contributed by atoms with Gasteiger partial charge in [0.1, 0.15) is 54.9 Å². The Balaban J connectivity index is 1.80. The van der Waals surface area contributed by atoms with Crippen molar-refractivity contribution in [3.63, 3.8) is 0 Å². The molecule has 0 aliphatic carbocycles. The number of rotatable bonds is 33. The smallest absolute Gasteiger partial charge is 0.306 e. The molecule has 0 aromatic heterocycles. The van der Waals surface area contributed by atoms with Gasteiger partial charge in [0.05, 0.1) is 26.4 Å². The molecule has 0 radical (unpaired) electrons. The molecule has 7 N–H and O–H groups in total. The van der Waals surface area contributed by atoms with Crippen LogP contribution in [0.15, 0.2) is 0 Å². The molecule has 2 aliphatic heterocycles. The minimum Gasteiger partial charge on any atom is -0.457 e. The number of aliphatic hydroxyl groups is 7. The Kier molecular flexibility index (Phi) is 28.2. The van der Waals surface area contributed by atoms with Gasteiger partial charge in [-0.05, 0) is 12.8 Å². The van der Waals surface area contributed by atoms with E-state index in [-0.39, 0.29) is 25.6 Å². The first-order chi connectivity index (χ1) is 26.6. The standard InChI is InChI=1S/C41H78O14/c1-3-5-7-9-11-12-13-14-15-16-17-18-20-22-24-33(43)53-30(27-50-25-23-21-19-10-8-6-4-2)28-51-40-39(49)37(47)35(45)32(55-40)29-52-41-38(48)36(46)34(44)31(26-42)54-41/h30-32,34-42,44-49H,3-29H2,1-2H3. The van der Waals surface area contributed by atoms with Gasteiger partial charge in [-0.1, -0.05) is 136 Å². The lowest BCUT2D eigenvalue weighted by Crippen LogP contribution is -2.61. The van der Waals surface area contributed by atoms with Crippen molar-refractivity contribution in [3.05, 3.63) is 0 Å². The van der Waals surface area contributed by atoms with Crippen molar-refractivity contribution >= 4 is 5.97 Å². The highest BCUT2D eigenvalue weighted by Gasteiger charge is 2.47. The third-order valence-corrected chi connectivity index (χ3v) is 10.6. The van der Waals surface area contributed by atoms with Crippen molar-refractivity contribution < 1.29 is 69.0 Å². The number of hydrogen-bond acceptors (Lipinski definition) is 14. The van der Waals surface area contributed by atoms with E-state index in [4.69, 9.17) is 28.4 Å². The van der Waals surface area contributed by atoms with Crippen LogP contribution in [-0.4, -0.2) is 142 Å². The van der Waals surface area contributed by atoms with Crippen LogP contribution in [0, 0.1) is 0 Å². The third-order valence-electron chi connectivity index (χ3n) is 10.6. The summed E-state index contributed by atoms with van der Waals surface area (Å²) >= 11 is 0. The second-order valence-corrected chi connectivity index (χ2v) is 15.5. The van der Waals surface area contributed by atoms with E-state index in [0.717, 1.165) is 38.5 Å². The van der Waals surface area contributed by atoms with Crippen molar-refractivity contribution in [2.45, 2.75) is 223 Å². The third kappa shape index (κ3) is 20.5. The molecule has 2 heterocycles. The van der Waals surface area contributed by atoms with E-state index < -0.39 is 80.7 Å². The highest BCUT2D eigenvalue weighted by Crippen LogP contribution is 2.26. The lowest BCUT2D eigenvalue weighted by atomic mass is 9.98. The van der Waals surface area contributed by atoms with E-state index in [9.17, 15) is 40.5 Å². The van der Waals surface area contributed by atoms with Crippen LogP contribution in [0.4, 0.5) is 0 Å². The first-order valence-electron chi connectivity index (χ1n) is 21.6. The van der Waals surface area contributed by atoms with Gasteiger partial charge in [-0.3, -0.25) is 4.79 Å². The molecule has 0 spiro atoms. The quantitative estimate of drug-likeness (QED) is 0.0367. The van der Waals surface area contributed by atoms with Crippen LogP contribution >= 0.6 is 0 Å². The number of carbonyl (C=O) groups excluding carboxylic acids is 1. The molecule has 2 aliphatic rings. The molecule has 11 unspecified atom stereocenters. The molecule has 326 valence electrons. The molecule has 14 nitrogen and oxygen atoms in total. The Morgan fingerprint density at radius 3 is 1.47 bits per heavy atom. The Hall–Kier alpha value is -1.01. The fraction of sp³-hybridized carbons (Fsp3) is 0.976. The van der Waals surface area contributed by atoms with Crippen LogP contribution in [0.25, 0.3) is 0 Å². The lowest BCUT2D eigenvalue weighted by Gasteiger charge is -2.42. The molecule has 0 bridgehead atoms. The number of unbranched alkanes of at least 4 members (excludes halogenated alkanes) is 19. The van der Waals surface area contributed by atoms with Crippen molar-refractivity contribution in [2.24, 2.45) is 0 Å². The molecule has 0 aromatic rings. The SMILES string of the molecule is CCCCCCCCCCCCCCCCC(=O)OC(COCCCCCCCCC)COC1OC(COC2OC(CO)C(O)C(O)C2O)C(O)C(O)C1O. The zero-order chi connectivity index (χ0) is 40.3. The summed E-state index contributed by atoms with van der Waals surface area (Å²) in [5.41, 5.74) is 0. The summed E-state index contributed by atoms with van der Waals surface area (Å²) in [7, 11) is 0. The lowest BCUT2D eigenvalue weighted by molar-refractivity contribution is -0.332. The minimum absolute atomic E-state index is 0.0674. The van der Waals surface area contributed by atoms with Gasteiger partial charge in [0, 0.05) is 13.0 Å². The van der Waals surface area contributed by atoms with Gasteiger partial charge in [-0.2, -0.15) is 0 Å². The molecule has 0 saturated carbocycles. The van der Waals surface area contributed by atoms with Gasteiger partial charge < -0.3 is 64.2 Å².